The molecule has 1 unspecified atom stereocenters. The number of fused-ring (bicyclic) bond motifs is 1. The van der Waals surface area contributed by atoms with E-state index in [1.807, 2.05) is 30.3 Å². The Hall–Kier alpha value is -2.31. The summed E-state index contributed by atoms with van der Waals surface area (Å²) in [4.78, 5) is 2.37. The Labute approximate surface area is 125 Å². The first-order valence-corrected chi connectivity index (χ1v) is 7.32. The monoisotopic (exact) mass is 277 g/mol. The van der Waals surface area contributed by atoms with Gasteiger partial charge < -0.3 is 5.73 Å². The highest BCUT2D eigenvalue weighted by molar-refractivity contribution is 5.51. The summed E-state index contributed by atoms with van der Waals surface area (Å²) < 4.78 is 0. The minimum atomic E-state index is 0.143. The maximum atomic E-state index is 9.18. The molecule has 1 atom stereocenters. The van der Waals surface area contributed by atoms with Gasteiger partial charge in [-0.2, -0.15) is 5.26 Å². The average molecular weight is 277 g/mol. The summed E-state index contributed by atoms with van der Waals surface area (Å²) in [7, 11) is 0. The molecule has 2 aromatic carbocycles. The van der Waals surface area contributed by atoms with E-state index in [1.54, 1.807) is 0 Å². The summed E-state index contributed by atoms with van der Waals surface area (Å²) in [6, 6.07) is 18.9. The number of anilines is 1. The smallest absolute Gasteiger partial charge is 0.0641 e. The summed E-state index contributed by atoms with van der Waals surface area (Å²) in [5.41, 5.74) is 10.8. The summed E-state index contributed by atoms with van der Waals surface area (Å²) in [5.74, 6) is 0. The van der Waals surface area contributed by atoms with Crippen molar-refractivity contribution in [3.8, 4) is 6.07 Å². The third kappa shape index (κ3) is 2.76. The number of rotatable bonds is 3. The second-order valence-electron chi connectivity index (χ2n) is 5.49. The molecule has 21 heavy (non-hydrogen) atoms. The van der Waals surface area contributed by atoms with Crippen LogP contribution < -0.4 is 5.73 Å². The number of nitrogens with zero attached hydrogens (tertiary/aromatic N) is 2. The van der Waals surface area contributed by atoms with Crippen LogP contribution in [0, 0.1) is 11.3 Å². The molecule has 2 aromatic rings. The fourth-order valence-electron chi connectivity index (χ4n) is 3.11. The molecule has 0 saturated carbocycles. The molecule has 0 bridgehead atoms. The van der Waals surface area contributed by atoms with Crippen LogP contribution >= 0.6 is 0 Å². The van der Waals surface area contributed by atoms with E-state index < -0.39 is 0 Å². The first kappa shape index (κ1) is 13.7. The van der Waals surface area contributed by atoms with Crippen molar-refractivity contribution in [2.24, 2.45) is 0 Å². The SMILES string of the molecule is N#CCC(c1ccccc1)N1CCc2cccc(N)c2C1. The highest BCUT2D eigenvalue weighted by Crippen LogP contribution is 2.32. The van der Waals surface area contributed by atoms with Crippen LogP contribution in [0.4, 0.5) is 5.69 Å². The summed E-state index contributed by atoms with van der Waals surface area (Å²) >= 11 is 0. The van der Waals surface area contributed by atoms with E-state index in [0.29, 0.717) is 6.42 Å². The van der Waals surface area contributed by atoms with Crippen LogP contribution in [0.3, 0.4) is 0 Å². The van der Waals surface area contributed by atoms with Crippen molar-refractivity contribution in [3.05, 3.63) is 65.2 Å². The van der Waals surface area contributed by atoms with Crippen LogP contribution in [0.5, 0.6) is 0 Å². The lowest BCUT2D eigenvalue weighted by Crippen LogP contribution is -2.34. The number of nitrogen functional groups attached to an aromatic ring is 1. The van der Waals surface area contributed by atoms with Crippen LogP contribution in [0.1, 0.15) is 29.2 Å². The van der Waals surface area contributed by atoms with Gasteiger partial charge in [0.1, 0.15) is 0 Å². The molecule has 3 nitrogen and oxygen atoms in total. The molecule has 106 valence electrons. The van der Waals surface area contributed by atoms with E-state index in [4.69, 9.17) is 5.73 Å². The van der Waals surface area contributed by atoms with Gasteiger partial charge in [0.2, 0.25) is 0 Å². The molecule has 0 aromatic heterocycles. The zero-order valence-electron chi connectivity index (χ0n) is 12.0. The van der Waals surface area contributed by atoms with Crippen molar-refractivity contribution in [1.29, 1.82) is 5.26 Å². The summed E-state index contributed by atoms with van der Waals surface area (Å²) in [6.07, 6.45) is 1.50. The highest BCUT2D eigenvalue weighted by Gasteiger charge is 2.25. The third-order valence-corrected chi connectivity index (χ3v) is 4.25. The van der Waals surface area contributed by atoms with Gasteiger partial charge in [-0.15, -0.1) is 0 Å². The van der Waals surface area contributed by atoms with Gasteiger partial charge in [-0.05, 0) is 29.2 Å². The minimum Gasteiger partial charge on any atom is -0.398 e. The first-order valence-electron chi connectivity index (χ1n) is 7.32. The number of hydrogen-bond donors (Lipinski definition) is 1. The quantitative estimate of drug-likeness (QED) is 0.876. The lowest BCUT2D eigenvalue weighted by Gasteiger charge is -2.35. The first-order chi connectivity index (χ1) is 10.3. The molecule has 3 rings (SSSR count). The van der Waals surface area contributed by atoms with Crippen molar-refractivity contribution in [3.63, 3.8) is 0 Å². The molecule has 1 heterocycles. The second-order valence-corrected chi connectivity index (χ2v) is 5.49. The van der Waals surface area contributed by atoms with Gasteiger partial charge in [0.25, 0.3) is 0 Å². The van der Waals surface area contributed by atoms with Crippen molar-refractivity contribution < 1.29 is 0 Å². The second kappa shape index (κ2) is 5.99. The molecule has 0 spiro atoms. The van der Waals surface area contributed by atoms with Gasteiger partial charge >= 0.3 is 0 Å². The molecule has 3 heteroatoms. The number of benzene rings is 2. The lowest BCUT2D eigenvalue weighted by molar-refractivity contribution is 0.182. The van der Waals surface area contributed by atoms with Gasteiger partial charge in [-0.25, -0.2) is 0 Å². The minimum absolute atomic E-state index is 0.143. The molecule has 0 aliphatic carbocycles. The number of nitriles is 1. The van der Waals surface area contributed by atoms with Gasteiger partial charge in [-0.3, -0.25) is 4.90 Å². The predicted octanol–water partition coefficient (Wildman–Crippen LogP) is 3.28. The van der Waals surface area contributed by atoms with Crippen molar-refractivity contribution in [2.45, 2.75) is 25.4 Å². The van der Waals surface area contributed by atoms with E-state index in [1.165, 1.54) is 16.7 Å². The Kier molecular flexibility index (Phi) is 3.89. The molecule has 1 aliphatic heterocycles. The summed E-state index contributed by atoms with van der Waals surface area (Å²) in [5, 5.41) is 9.18. The van der Waals surface area contributed by atoms with Crippen molar-refractivity contribution >= 4 is 5.69 Å². The molecular formula is C18H19N3. The molecule has 0 saturated heterocycles. The zero-order chi connectivity index (χ0) is 14.7. The Morgan fingerprint density at radius 3 is 2.71 bits per heavy atom. The zero-order valence-corrected chi connectivity index (χ0v) is 12.0. The van der Waals surface area contributed by atoms with E-state index in [-0.39, 0.29) is 6.04 Å². The molecule has 0 radical (unpaired) electrons. The third-order valence-electron chi connectivity index (χ3n) is 4.25. The van der Waals surface area contributed by atoms with Gasteiger partial charge in [-0.1, -0.05) is 42.5 Å². The largest absolute Gasteiger partial charge is 0.398 e. The van der Waals surface area contributed by atoms with Gasteiger partial charge in [0, 0.05) is 24.8 Å². The molecule has 2 N–H and O–H groups in total. The Morgan fingerprint density at radius 2 is 1.95 bits per heavy atom. The lowest BCUT2D eigenvalue weighted by atomic mass is 9.94. The van der Waals surface area contributed by atoms with Crippen LogP contribution in [0.15, 0.2) is 48.5 Å². The van der Waals surface area contributed by atoms with Crippen molar-refractivity contribution in [1.82, 2.24) is 4.90 Å². The standard InChI is InChI=1S/C18H19N3/c19-11-9-18(15-5-2-1-3-6-15)21-12-10-14-7-4-8-17(20)16(14)13-21/h1-8,18H,9-10,12-13,20H2. The van der Waals surface area contributed by atoms with E-state index >= 15 is 0 Å². The average Bonchev–Trinajstić information content (AvgIpc) is 2.54. The van der Waals surface area contributed by atoms with Crippen molar-refractivity contribution in [2.75, 3.05) is 12.3 Å². The number of nitrogens with two attached hydrogens (primary N) is 1. The number of hydrogen-bond acceptors (Lipinski definition) is 3. The Bertz CT molecular complexity index is 658. The molecule has 0 fully saturated rings. The van der Waals surface area contributed by atoms with Crippen LogP contribution in [0.2, 0.25) is 0 Å². The van der Waals surface area contributed by atoms with Gasteiger partial charge in [0.05, 0.1) is 12.5 Å². The van der Waals surface area contributed by atoms with Crippen LogP contribution in [-0.2, 0) is 13.0 Å². The highest BCUT2D eigenvalue weighted by atomic mass is 15.2. The maximum Gasteiger partial charge on any atom is 0.0641 e. The maximum absolute atomic E-state index is 9.18. The van der Waals surface area contributed by atoms with Gasteiger partial charge in [0.15, 0.2) is 0 Å². The summed E-state index contributed by atoms with van der Waals surface area (Å²) in [6.45, 7) is 1.79. The normalized spacial score (nSPS) is 16.0. The Morgan fingerprint density at radius 1 is 1.14 bits per heavy atom. The van der Waals surface area contributed by atoms with E-state index in [0.717, 1.165) is 25.2 Å². The van der Waals surface area contributed by atoms with Crippen LogP contribution in [0.25, 0.3) is 0 Å². The topological polar surface area (TPSA) is 53.0 Å². The predicted molar refractivity (Wildman–Crippen MR) is 84.4 cm³/mol. The Balaban J connectivity index is 1.89. The molecular weight excluding hydrogens is 258 g/mol. The molecule has 0 amide bonds. The van der Waals surface area contributed by atoms with E-state index in [9.17, 15) is 5.26 Å². The fraction of sp³-hybridized carbons (Fsp3) is 0.278. The molecule has 1 aliphatic rings. The van der Waals surface area contributed by atoms with E-state index in [2.05, 4.69) is 29.2 Å². The van der Waals surface area contributed by atoms with Crippen LogP contribution in [-0.4, -0.2) is 11.4 Å². The fourth-order valence-corrected chi connectivity index (χ4v) is 3.11.